The SMILES string of the molecule is COCc1cccc(C(=O)N(C)Cc2ccccc2F)c1. The van der Waals surface area contributed by atoms with Gasteiger partial charge in [-0.05, 0) is 23.8 Å². The van der Waals surface area contributed by atoms with Crippen molar-refractivity contribution in [2.45, 2.75) is 13.2 Å². The highest BCUT2D eigenvalue weighted by molar-refractivity contribution is 5.94. The van der Waals surface area contributed by atoms with Crippen LogP contribution in [0.15, 0.2) is 48.5 Å². The Morgan fingerprint density at radius 1 is 1.19 bits per heavy atom. The minimum absolute atomic E-state index is 0.142. The number of amides is 1. The summed E-state index contributed by atoms with van der Waals surface area (Å²) in [6.45, 7) is 0.693. The Bertz CT molecular complexity index is 628. The van der Waals surface area contributed by atoms with Gasteiger partial charge < -0.3 is 9.64 Å². The Morgan fingerprint density at radius 2 is 1.95 bits per heavy atom. The predicted molar refractivity (Wildman–Crippen MR) is 79.4 cm³/mol. The maximum Gasteiger partial charge on any atom is 0.253 e. The Labute approximate surface area is 124 Å². The van der Waals surface area contributed by atoms with Crippen molar-refractivity contribution >= 4 is 5.91 Å². The second kappa shape index (κ2) is 6.99. The number of benzene rings is 2. The number of rotatable bonds is 5. The first-order valence-corrected chi connectivity index (χ1v) is 6.68. The van der Waals surface area contributed by atoms with E-state index in [1.807, 2.05) is 12.1 Å². The molecule has 0 spiro atoms. The Balaban J connectivity index is 2.12. The van der Waals surface area contributed by atoms with E-state index in [-0.39, 0.29) is 18.3 Å². The third-order valence-corrected chi connectivity index (χ3v) is 3.20. The lowest BCUT2D eigenvalue weighted by molar-refractivity contribution is 0.0783. The number of carbonyl (C=O) groups is 1. The number of ether oxygens (including phenoxy) is 1. The zero-order valence-electron chi connectivity index (χ0n) is 12.2. The van der Waals surface area contributed by atoms with Crippen molar-refractivity contribution in [1.82, 2.24) is 4.90 Å². The van der Waals surface area contributed by atoms with E-state index in [4.69, 9.17) is 4.74 Å². The number of halogens is 1. The van der Waals surface area contributed by atoms with Crippen LogP contribution in [0.4, 0.5) is 4.39 Å². The van der Waals surface area contributed by atoms with Crippen LogP contribution in [-0.4, -0.2) is 25.0 Å². The molecule has 1 amide bonds. The van der Waals surface area contributed by atoms with Crippen LogP contribution in [0.5, 0.6) is 0 Å². The highest BCUT2D eigenvalue weighted by Gasteiger charge is 2.14. The predicted octanol–water partition coefficient (Wildman–Crippen LogP) is 3.24. The number of nitrogens with zero attached hydrogens (tertiary/aromatic N) is 1. The van der Waals surface area contributed by atoms with Gasteiger partial charge in [0.25, 0.3) is 5.91 Å². The fourth-order valence-corrected chi connectivity index (χ4v) is 2.14. The highest BCUT2D eigenvalue weighted by Crippen LogP contribution is 2.13. The lowest BCUT2D eigenvalue weighted by atomic mass is 10.1. The average Bonchev–Trinajstić information content (AvgIpc) is 2.49. The van der Waals surface area contributed by atoms with E-state index in [1.165, 1.54) is 11.0 Å². The maximum absolute atomic E-state index is 13.6. The normalized spacial score (nSPS) is 10.4. The van der Waals surface area contributed by atoms with Gasteiger partial charge in [-0.2, -0.15) is 0 Å². The van der Waals surface area contributed by atoms with Crippen LogP contribution in [0.3, 0.4) is 0 Å². The molecule has 2 aromatic rings. The topological polar surface area (TPSA) is 29.5 Å². The molecule has 2 rings (SSSR count). The number of hydrogen-bond acceptors (Lipinski definition) is 2. The molecule has 0 aliphatic carbocycles. The molecular formula is C17H18FNO2. The molecule has 4 heteroatoms. The molecule has 0 radical (unpaired) electrons. The van der Waals surface area contributed by atoms with Crippen molar-refractivity contribution in [3.05, 3.63) is 71.0 Å². The molecule has 0 aliphatic rings. The second-order valence-corrected chi connectivity index (χ2v) is 4.89. The summed E-state index contributed by atoms with van der Waals surface area (Å²) in [5.41, 5.74) is 2.01. The Hall–Kier alpha value is -2.20. The van der Waals surface area contributed by atoms with Crippen LogP contribution in [0, 0.1) is 5.82 Å². The standard InChI is InChI=1S/C17H18FNO2/c1-19(11-15-7-3-4-9-16(15)18)17(20)14-8-5-6-13(10-14)12-21-2/h3-10H,11-12H2,1-2H3. The summed E-state index contributed by atoms with van der Waals surface area (Å²) in [6, 6.07) is 13.7. The molecule has 21 heavy (non-hydrogen) atoms. The molecule has 3 nitrogen and oxygen atoms in total. The van der Waals surface area contributed by atoms with Crippen LogP contribution >= 0.6 is 0 Å². The summed E-state index contributed by atoms with van der Waals surface area (Å²) in [6.07, 6.45) is 0. The summed E-state index contributed by atoms with van der Waals surface area (Å²) < 4.78 is 18.7. The van der Waals surface area contributed by atoms with Crippen molar-refractivity contribution in [2.24, 2.45) is 0 Å². The van der Waals surface area contributed by atoms with Gasteiger partial charge in [0.1, 0.15) is 5.82 Å². The van der Waals surface area contributed by atoms with Gasteiger partial charge in [0.05, 0.1) is 6.61 Å². The third kappa shape index (κ3) is 3.89. The van der Waals surface area contributed by atoms with E-state index >= 15 is 0 Å². The van der Waals surface area contributed by atoms with E-state index in [0.29, 0.717) is 17.7 Å². The molecule has 0 atom stereocenters. The van der Waals surface area contributed by atoms with Gasteiger partial charge in [-0.25, -0.2) is 4.39 Å². The van der Waals surface area contributed by atoms with Crippen LogP contribution in [0.2, 0.25) is 0 Å². The van der Waals surface area contributed by atoms with E-state index in [9.17, 15) is 9.18 Å². The molecule has 0 aromatic heterocycles. The molecule has 0 unspecified atom stereocenters. The van der Waals surface area contributed by atoms with Gasteiger partial charge in [-0.3, -0.25) is 4.79 Å². The molecule has 0 saturated carbocycles. The monoisotopic (exact) mass is 287 g/mol. The Kier molecular flexibility index (Phi) is 5.06. The minimum Gasteiger partial charge on any atom is -0.380 e. The smallest absolute Gasteiger partial charge is 0.253 e. The van der Waals surface area contributed by atoms with Crippen molar-refractivity contribution < 1.29 is 13.9 Å². The second-order valence-electron chi connectivity index (χ2n) is 4.89. The summed E-state index contributed by atoms with van der Waals surface area (Å²) in [5, 5.41) is 0. The molecule has 0 heterocycles. The lowest BCUT2D eigenvalue weighted by Crippen LogP contribution is -2.26. The molecule has 2 aromatic carbocycles. The lowest BCUT2D eigenvalue weighted by Gasteiger charge is -2.18. The van der Waals surface area contributed by atoms with Crippen LogP contribution in [0.1, 0.15) is 21.5 Å². The van der Waals surface area contributed by atoms with Crippen LogP contribution in [0.25, 0.3) is 0 Å². The van der Waals surface area contributed by atoms with E-state index < -0.39 is 0 Å². The molecule has 0 aliphatic heterocycles. The molecule has 0 fully saturated rings. The summed E-state index contributed by atoms with van der Waals surface area (Å²) in [7, 11) is 3.27. The zero-order valence-corrected chi connectivity index (χ0v) is 12.2. The first-order valence-electron chi connectivity index (χ1n) is 6.68. The highest BCUT2D eigenvalue weighted by atomic mass is 19.1. The van der Waals surface area contributed by atoms with Crippen LogP contribution < -0.4 is 0 Å². The van der Waals surface area contributed by atoms with Crippen molar-refractivity contribution in [3.63, 3.8) is 0 Å². The number of hydrogen-bond donors (Lipinski definition) is 0. The van der Waals surface area contributed by atoms with Gasteiger partial charge in [0, 0.05) is 31.8 Å². The molecule has 0 saturated heterocycles. The molecule has 0 bridgehead atoms. The molecular weight excluding hydrogens is 269 g/mol. The zero-order chi connectivity index (χ0) is 15.2. The fourth-order valence-electron chi connectivity index (χ4n) is 2.14. The van der Waals surface area contributed by atoms with E-state index in [2.05, 4.69) is 0 Å². The quantitative estimate of drug-likeness (QED) is 0.845. The van der Waals surface area contributed by atoms with Crippen molar-refractivity contribution in [3.8, 4) is 0 Å². The van der Waals surface area contributed by atoms with Crippen LogP contribution in [-0.2, 0) is 17.9 Å². The first kappa shape index (κ1) is 15.2. The summed E-state index contributed by atoms with van der Waals surface area (Å²) in [4.78, 5) is 13.9. The third-order valence-electron chi connectivity index (χ3n) is 3.20. The first-order chi connectivity index (χ1) is 10.1. The fraction of sp³-hybridized carbons (Fsp3) is 0.235. The summed E-state index contributed by atoms with van der Waals surface area (Å²) in [5.74, 6) is -0.443. The Morgan fingerprint density at radius 3 is 2.67 bits per heavy atom. The van der Waals surface area contributed by atoms with Crippen molar-refractivity contribution in [2.75, 3.05) is 14.2 Å². The summed E-state index contributed by atoms with van der Waals surface area (Å²) >= 11 is 0. The molecule has 110 valence electrons. The number of carbonyl (C=O) groups excluding carboxylic acids is 1. The van der Waals surface area contributed by atoms with E-state index in [1.54, 1.807) is 44.5 Å². The van der Waals surface area contributed by atoms with Gasteiger partial charge in [0.2, 0.25) is 0 Å². The number of methoxy groups -OCH3 is 1. The maximum atomic E-state index is 13.6. The van der Waals surface area contributed by atoms with Gasteiger partial charge in [-0.15, -0.1) is 0 Å². The van der Waals surface area contributed by atoms with Gasteiger partial charge in [0.15, 0.2) is 0 Å². The van der Waals surface area contributed by atoms with E-state index in [0.717, 1.165) is 5.56 Å². The molecule has 0 N–H and O–H groups in total. The minimum atomic E-state index is -0.301. The van der Waals surface area contributed by atoms with Gasteiger partial charge in [-0.1, -0.05) is 30.3 Å². The van der Waals surface area contributed by atoms with Crippen molar-refractivity contribution in [1.29, 1.82) is 0 Å². The van der Waals surface area contributed by atoms with Gasteiger partial charge >= 0.3 is 0 Å². The average molecular weight is 287 g/mol. The largest absolute Gasteiger partial charge is 0.380 e.